The monoisotopic (exact) mass is 600 g/mol. The molecule has 0 saturated carbocycles. The first-order valence-electron chi connectivity index (χ1n) is 15.4. The molecule has 3 N–H and O–H groups in total. The number of nitrogens with zero attached hydrogens (tertiary/aromatic N) is 6. The first kappa shape index (κ1) is 28.3. The fraction of sp³-hybridized carbons (Fsp3) is 0.469. The van der Waals surface area contributed by atoms with E-state index < -0.39 is 0 Å². The number of anilines is 4. The highest BCUT2D eigenvalue weighted by Crippen LogP contribution is 2.41. The number of nitrogens with two attached hydrogens (primary N) is 1. The topological polar surface area (TPSA) is 121 Å². The second-order valence-corrected chi connectivity index (χ2v) is 12.3. The van der Waals surface area contributed by atoms with Gasteiger partial charge in [0.05, 0.1) is 30.7 Å². The van der Waals surface area contributed by atoms with Crippen LogP contribution in [-0.2, 0) is 11.8 Å². The zero-order valence-electron chi connectivity index (χ0n) is 25.4. The van der Waals surface area contributed by atoms with E-state index in [0.29, 0.717) is 43.0 Å². The first-order chi connectivity index (χ1) is 21.4. The highest BCUT2D eigenvalue weighted by atomic mass is 16.5. The number of nitrogen functional groups attached to an aromatic ring is 1. The van der Waals surface area contributed by atoms with Crippen LogP contribution in [0.5, 0.6) is 11.5 Å². The number of nitrogens with one attached hydrogen (secondary N) is 1. The standard InChI is InChI=1S/C32H40N8O4/c1-36-18-22(16-34-36)25-14-26(33)29(43-2)15-28(25)38-8-5-21(6-9-38)17-37-11-12-39-24(19-37)20-44-30-13-23(3-4-27(30)39)40-10-7-31(41)35-32(40)42/h3-4,13-16,18,21,24H,5-12,17,19-20,33H2,1-2H3,(H,35,41,42)/t24-/m0/s1. The number of hydrogen-bond acceptors (Lipinski definition) is 9. The smallest absolute Gasteiger partial charge is 0.328 e. The number of methoxy groups -OCH3 is 1. The molecule has 44 heavy (non-hydrogen) atoms. The van der Waals surface area contributed by atoms with Crippen LogP contribution < -0.4 is 35.2 Å². The normalized spacial score (nSPS) is 21.0. The van der Waals surface area contributed by atoms with Gasteiger partial charge >= 0.3 is 6.03 Å². The Labute approximate surface area is 257 Å². The Bertz CT molecular complexity index is 1570. The predicted octanol–water partition coefficient (Wildman–Crippen LogP) is 2.92. The van der Waals surface area contributed by atoms with Crippen LogP contribution in [0.1, 0.15) is 19.3 Å². The Morgan fingerprint density at radius 2 is 1.91 bits per heavy atom. The Morgan fingerprint density at radius 3 is 2.66 bits per heavy atom. The van der Waals surface area contributed by atoms with Crippen LogP contribution in [0.25, 0.3) is 11.1 Å². The van der Waals surface area contributed by atoms with E-state index in [1.54, 1.807) is 12.0 Å². The predicted molar refractivity (Wildman–Crippen MR) is 170 cm³/mol. The molecule has 3 saturated heterocycles. The summed E-state index contributed by atoms with van der Waals surface area (Å²) in [4.78, 5) is 33.0. The summed E-state index contributed by atoms with van der Waals surface area (Å²) in [5.41, 5.74) is 12.1. The minimum atomic E-state index is -0.378. The third kappa shape index (κ3) is 5.38. The maximum atomic E-state index is 12.3. The Balaban J connectivity index is 0.968. The Kier molecular flexibility index (Phi) is 7.45. The molecule has 3 fully saturated rings. The number of hydrogen-bond donors (Lipinski definition) is 2. The quantitative estimate of drug-likeness (QED) is 0.412. The number of fused-ring (bicyclic) bond motifs is 3. The average molecular weight is 601 g/mol. The van der Waals surface area contributed by atoms with Gasteiger partial charge in [0.15, 0.2) is 0 Å². The molecule has 0 unspecified atom stereocenters. The third-order valence-corrected chi connectivity index (χ3v) is 9.45. The fourth-order valence-corrected chi connectivity index (χ4v) is 7.10. The number of rotatable bonds is 6. The summed E-state index contributed by atoms with van der Waals surface area (Å²) < 4.78 is 13.6. The van der Waals surface area contributed by atoms with E-state index in [-0.39, 0.29) is 11.9 Å². The average Bonchev–Trinajstić information content (AvgIpc) is 3.47. The van der Waals surface area contributed by atoms with Gasteiger partial charge < -0.3 is 25.0 Å². The van der Waals surface area contributed by atoms with Crippen molar-refractivity contribution in [1.82, 2.24) is 20.0 Å². The number of carbonyl (C=O) groups excluding carboxylic acids is 2. The van der Waals surface area contributed by atoms with E-state index in [1.165, 1.54) is 0 Å². The maximum Gasteiger partial charge on any atom is 0.328 e. The summed E-state index contributed by atoms with van der Waals surface area (Å²) in [5, 5.41) is 6.77. The molecule has 12 heteroatoms. The van der Waals surface area contributed by atoms with Gasteiger partial charge in [-0.25, -0.2) is 4.79 Å². The number of carbonyl (C=O) groups is 2. The van der Waals surface area contributed by atoms with Gasteiger partial charge in [-0.15, -0.1) is 0 Å². The number of benzene rings is 2. The first-order valence-corrected chi connectivity index (χ1v) is 15.4. The van der Waals surface area contributed by atoms with Crippen molar-refractivity contribution in [2.75, 3.05) is 80.0 Å². The number of piperidine rings is 1. The SMILES string of the molecule is COc1cc(N2CCC(CN3CCN4c5ccc(N6CCC(=O)NC6=O)cc5OC[C@@H]4C3)CC2)c(-c2cnn(C)c2)cc1N. The molecule has 12 nitrogen and oxygen atoms in total. The highest BCUT2D eigenvalue weighted by molar-refractivity contribution is 6.05. The molecule has 0 radical (unpaired) electrons. The van der Waals surface area contributed by atoms with Gasteiger partial charge in [-0.1, -0.05) is 0 Å². The molecule has 232 valence electrons. The van der Waals surface area contributed by atoms with Crippen LogP contribution in [0.15, 0.2) is 42.7 Å². The van der Waals surface area contributed by atoms with Crippen molar-refractivity contribution in [3.8, 4) is 22.6 Å². The number of urea groups is 1. The van der Waals surface area contributed by atoms with Crippen LogP contribution >= 0.6 is 0 Å². The number of aromatic nitrogens is 2. The van der Waals surface area contributed by atoms with E-state index in [0.717, 1.165) is 86.0 Å². The molecule has 1 atom stereocenters. The van der Waals surface area contributed by atoms with Crippen molar-refractivity contribution in [2.45, 2.75) is 25.3 Å². The van der Waals surface area contributed by atoms with Crippen molar-refractivity contribution < 1.29 is 19.1 Å². The molecule has 3 amide bonds. The highest BCUT2D eigenvalue weighted by Gasteiger charge is 2.35. The molecule has 2 aromatic carbocycles. The lowest BCUT2D eigenvalue weighted by Crippen LogP contribution is -2.58. The largest absolute Gasteiger partial charge is 0.495 e. The van der Waals surface area contributed by atoms with Gasteiger partial charge in [0.2, 0.25) is 5.91 Å². The summed E-state index contributed by atoms with van der Waals surface area (Å²) >= 11 is 0. The summed E-state index contributed by atoms with van der Waals surface area (Å²) in [6.45, 7) is 6.97. The van der Waals surface area contributed by atoms with Crippen LogP contribution in [0.3, 0.4) is 0 Å². The minimum Gasteiger partial charge on any atom is -0.495 e. The van der Waals surface area contributed by atoms with Crippen molar-refractivity contribution in [1.29, 1.82) is 0 Å². The van der Waals surface area contributed by atoms with Crippen molar-refractivity contribution >= 4 is 34.7 Å². The molecule has 0 bridgehead atoms. The molecule has 1 aromatic heterocycles. The Morgan fingerprint density at radius 1 is 1.07 bits per heavy atom. The molecule has 3 aromatic rings. The fourth-order valence-electron chi connectivity index (χ4n) is 7.10. The van der Waals surface area contributed by atoms with Crippen LogP contribution in [0, 0.1) is 5.92 Å². The molecule has 4 aliphatic rings. The van der Waals surface area contributed by atoms with E-state index in [1.807, 2.05) is 42.3 Å². The van der Waals surface area contributed by atoms with E-state index in [2.05, 4.69) is 37.2 Å². The van der Waals surface area contributed by atoms with Gasteiger partial charge in [0.1, 0.15) is 18.1 Å². The number of imide groups is 1. The zero-order chi connectivity index (χ0) is 30.4. The number of ether oxygens (including phenoxy) is 2. The second kappa shape index (κ2) is 11.6. The number of aryl methyl sites for hydroxylation is 1. The summed E-state index contributed by atoms with van der Waals surface area (Å²) in [6.07, 6.45) is 6.47. The lowest BCUT2D eigenvalue weighted by Gasteiger charge is -2.47. The van der Waals surface area contributed by atoms with Crippen molar-refractivity contribution in [3.05, 3.63) is 42.7 Å². The van der Waals surface area contributed by atoms with Crippen LogP contribution in [0.4, 0.5) is 27.5 Å². The van der Waals surface area contributed by atoms with Gasteiger partial charge in [0.25, 0.3) is 0 Å². The minimum absolute atomic E-state index is 0.232. The third-order valence-electron chi connectivity index (χ3n) is 9.45. The second-order valence-electron chi connectivity index (χ2n) is 12.3. The van der Waals surface area contributed by atoms with Crippen molar-refractivity contribution in [3.63, 3.8) is 0 Å². The molecular formula is C32H40N8O4. The molecule has 0 spiro atoms. The van der Waals surface area contributed by atoms with Crippen LogP contribution in [0.2, 0.25) is 0 Å². The van der Waals surface area contributed by atoms with E-state index in [4.69, 9.17) is 15.2 Å². The van der Waals surface area contributed by atoms with E-state index in [9.17, 15) is 9.59 Å². The summed E-state index contributed by atoms with van der Waals surface area (Å²) in [6, 6.07) is 9.93. The lowest BCUT2D eigenvalue weighted by molar-refractivity contribution is -0.120. The molecular weight excluding hydrogens is 560 g/mol. The van der Waals surface area contributed by atoms with E-state index >= 15 is 0 Å². The van der Waals surface area contributed by atoms with Gasteiger partial charge in [-0.05, 0) is 37.0 Å². The van der Waals surface area contributed by atoms with Gasteiger partial charge in [-0.3, -0.25) is 24.6 Å². The molecule has 0 aliphatic carbocycles. The van der Waals surface area contributed by atoms with Crippen LogP contribution in [-0.4, -0.2) is 92.2 Å². The molecule has 7 rings (SSSR count). The number of piperazine rings is 1. The summed E-state index contributed by atoms with van der Waals surface area (Å²) in [5.74, 6) is 1.91. The lowest BCUT2D eigenvalue weighted by atomic mass is 9.94. The van der Waals surface area contributed by atoms with Gasteiger partial charge in [0, 0.05) is 100 Å². The maximum absolute atomic E-state index is 12.3. The Hall–Kier alpha value is -4.45. The molecule has 4 aliphatic heterocycles. The zero-order valence-corrected chi connectivity index (χ0v) is 25.4. The van der Waals surface area contributed by atoms with Gasteiger partial charge in [-0.2, -0.15) is 5.10 Å². The van der Waals surface area contributed by atoms with Crippen molar-refractivity contribution in [2.24, 2.45) is 13.0 Å². The molecule has 5 heterocycles. The summed E-state index contributed by atoms with van der Waals surface area (Å²) in [7, 11) is 3.59. The number of amides is 3.